The second-order valence-electron chi connectivity index (χ2n) is 6.09. The van der Waals surface area contributed by atoms with Gasteiger partial charge < -0.3 is 15.0 Å². The zero-order valence-corrected chi connectivity index (χ0v) is 11.9. The Balaban J connectivity index is 1.61. The molecule has 1 atom stereocenters. The maximum absolute atomic E-state index is 12.5. The van der Waals surface area contributed by atoms with Crippen molar-refractivity contribution < 1.29 is 9.90 Å². The number of hydrogen-bond acceptors (Lipinski definition) is 4. The Kier molecular flexibility index (Phi) is 3.52. The summed E-state index contributed by atoms with van der Waals surface area (Å²) in [5, 5.41) is 13.6. The second-order valence-corrected chi connectivity index (χ2v) is 6.09. The molecule has 0 saturated heterocycles. The minimum atomic E-state index is -0.684. The summed E-state index contributed by atoms with van der Waals surface area (Å²) >= 11 is 0. The molecule has 20 heavy (non-hydrogen) atoms. The van der Waals surface area contributed by atoms with Gasteiger partial charge in [-0.05, 0) is 12.8 Å². The number of aromatic nitrogens is 2. The topological polar surface area (TPSA) is 81.2 Å². The number of carbonyl (C=O) groups is 1. The Bertz CT molecular complexity index is 493. The van der Waals surface area contributed by atoms with E-state index >= 15 is 0 Å². The zero-order valence-electron chi connectivity index (χ0n) is 11.9. The monoisotopic (exact) mass is 278 g/mol. The number of carbonyl (C=O) groups excluding carboxylic acids is 1. The van der Waals surface area contributed by atoms with E-state index in [-0.39, 0.29) is 11.9 Å². The summed E-state index contributed by atoms with van der Waals surface area (Å²) in [4.78, 5) is 21.5. The van der Waals surface area contributed by atoms with Gasteiger partial charge in [0.1, 0.15) is 0 Å². The molecule has 0 aromatic carbocycles. The Morgan fingerprint density at radius 1 is 1.55 bits per heavy atom. The van der Waals surface area contributed by atoms with Gasteiger partial charge >= 0.3 is 0 Å². The van der Waals surface area contributed by atoms with Crippen LogP contribution in [0.4, 0.5) is 0 Å². The second kappa shape index (κ2) is 5.18. The number of hydrogen-bond donors (Lipinski definition) is 3. The molecular formula is C14H22N4O2. The van der Waals surface area contributed by atoms with Crippen LogP contribution in [0.3, 0.4) is 0 Å². The molecule has 6 nitrogen and oxygen atoms in total. The molecular weight excluding hydrogens is 256 g/mol. The van der Waals surface area contributed by atoms with Crippen molar-refractivity contribution in [1.82, 2.24) is 20.2 Å². The lowest BCUT2D eigenvalue weighted by Gasteiger charge is -2.32. The zero-order chi connectivity index (χ0) is 14.2. The molecule has 0 radical (unpaired) electrons. The number of nitrogens with one attached hydrogen (secondary N) is 2. The molecule has 3 rings (SSSR count). The number of aromatic amines is 1. The average molecular weight is 278 g/mol. The van der Waals surface area contributed by atoms with Gasteiger partial charge in [-0.3, -0.25) is 10.1 Å². The number of nitrogens with zero attached hydrogens (tertiary/aromatic N) is 2. The standard InChI is InChI=1S/C14H22N4O2/c1-18(8-14(20)4-2-3-5-14)13(19)11-6-10-12(7-15-11)17-9-16-10/h9,11,15,20H,2-8H2,1H3,(H,16,17). The van der Waals surface area contributed by atoms with Crippen molar-refractivity contribution in [3.05, 3.63) is 17.7 Å². The Hall–Kier alpha value is -1.40. The van der Waals surface area contributed by atoms with Crippen molar-refractivity contribution in [2.45, 2.75) is 50.3 Å². The van der Waals surface area contributed by atoms with E-state index in [9.17, 15) is 9.90 Å². The van der Waals surface area contributed by atoms with Gasteiger partial charge in [0, 0.05) is 26.6 Å². The van der Waals surface area contributed by atoms with Crippen LogP contribution < -0.4 is 5.32 Å². The molecule has 2 aliphatic rings. The van der Waals surface area contributed by atoms with Gasteiger partial charge in [0.25, 0.3) is 0 Å². The van der Waals surface area contributed by atoms with Crippen LogP contribution in [0.5, 0.6) is 0 Å². The summed E-state index contributed by atoms with van der Waals surface area (Å²) in [7, 11) is 1.78. The predicted octanol–water partition coefficient (Wildman–Crippen LogP) is 0.187. The van der Waals surface area contributed by atoms with Gasteiger partial charge in [0.2, 0.25) is 5.91 Å². The van der Waals surface area contributed by atoms with Crippen LogP contribution in [0.25, 0.3) is 0 Å². The van der Waals surface area contributed by atoms with E-state index < -0.39 is 5.60 Å². The predicted molar refractivity (Wildman–Crippen MR) is 74.0 cm³/mol. The van der Waals surface area contributed by atoms with Crippen LogP contribution in [0, 0.1) is 0 Å². The van der Waals surface area contributed by atoms with Gasteiger partial charge in [-0.1, -0.05) is 12.8 Å². The maximum atomic E-state index is 12.5. The third-order valence-electron chi connectivity index (χ3n) is 4.47. The minimum absolute atomic E-state index is 0.0407. The van der Waals surface area contributed by atoms with Crippen LogP contribution in [-0.2, 0) is 17.8 Å². The number of likely N-dealkylation sites (N-methyl/N-ethyl adjacent to an activating group) is 1. The molecule has 1 fully saturated rings. The average Bonchev–Trinajstić information content (AvgIpc) is 3.05. The molecule has 1 unspecified atom stereocenters. The van der Waals surface area contributed by atoms with Gasteiger partial charge in [-0.2, -0.15) is 0 Å². The van der Waals surface area contributed by atoms with Crippen molar-refractivity contribution in [3.8, 4) is 0 Å². The molecule has 1 amide bonds. The highest BCUT2D eigenvalue weighted by molar-refractivity contribution is 5.82. The Morgan fingerprint density at radius 3 is 3.05 bits per heavy atom. The molecule has 110 valence electrons. The summed E-state index contributed by atoms with van der Waals surface area (Å²) in [5.74, 6) is 0.0407. The van der Waals surface area contributed by atoms with E-state index in [0.717, 1.165) is 37.1 Å². The molecule has 1 saturated carbocycles. The van der Waals surface area contributed by atoms with E-state index in [2.05, 4.69) is 15.3 Å². The number of rotatable bonds is 3. The van der Waals surface area contributed by atoms with E-state index in [1.807, 2.05) is 0 Å². The van der Waals surface area contributed by atoms with Crippen LogP contribution >= 0.6 is 0 Å². The van der Waals surface area contributed by atoms with Gasteiger partial charge in [-0.25, -0.2) is 4.98 Å². The van der Waals surface area contributed by atoms with E-state index in [1.165, 1.54) is 0 Å². The van der Waals surface area contributed by atoms with Crippen LogP contribution in [0.15, 0.2) is 6.33 Å². The molecule has 0 bridgehead atoms. The quantitative estimate of drug-likeness (QED) is 0.737. The summed E-state index contributed by atoms with van der Waals surface area (Å²) in [5.41, 5.74) is 1.34. The molecule has 1 aliphatic heterocycles. The SMILES string of the molecule is CN(CC1(O)CCCC1)C(=O)C1Cc2nc[nH]c2CN1. The first kappa shape index (κ1) is 13.6. The largest absolute Gasteiger partial charge is 0.388 e. The van der Waals surface area contributed by atoms with Crippen LogP contribution in [0.1, 0.15) is 37.1 Å². The maximum Gasteiger partial charge on any atom is 0.239 e. The number of amides is 1. The molecule has 1 aromatic rings. The molecule has 0 spiro atoms. The molecule has 2 heterocycles. The fraction of sp³-hybridized carbons (Fsp3) is 0.714. The third-order valence-corrected chi connectivity index (χ3v) is 4.47. The van der Waals surface area contributed by atoms with Crippen molar-refractivity contribution in [2.75, 3.05) is 13.6 Å². The van der Waals surface area contributed by atoms with E-state index in [4.69, 9.17) is 0 Å². The van der Waals surface area contributed by atoms with Crippen LogP contribution in [-0.4, -0.2) is 51.1 Å². The van der Waals surface area contributed by atoms with E-state index in [0.29, 0.717) is 19.5 Å². The first-order valence-electron chi connectivity index (χ1n) is 7.29. The van der Waals surface area contributed by atoms with Crippen molar-refractivity contribution in [2.24, 2.45) is 0 Å². The van der Waals surface area contributed by atoms with Crippen molar-refractivity contribution in [3.63, 3.8) is 0 Å². The molecule has 3 N–H and O–H groups in total. The van der Waals surface area contributed by atoms with Gasteiger partial charge in [-0.15, -0.1) is 0 Å². The third kappa shape index (κ3) is 2.58. The van der Waals surface area contributed by atoms with E-state index in [1.54, 1.807) is 18.3 Å². The van der Waals surface area contributed by atoms with Crippen molar-refractivity contribution >= 4 is 5.91 Å². The first-order valence-corrected chi connectivity index (χ1v) is 7.29. The summed E-state index contributed by atoms with van der Waals surface area (Å²) < 4.78 is 0. The fourth-order valence-corrected chi connectivity index (χ4v) is 3.32. The number of fused-ring (bicyclic) bond motifs is 1. The molecule has 1 aromatic heterocycles. The lowest BCUT2D eigenvalue weighted by Crippen LogP contribution is -2.51. The Morgan fingerprint density at radius 2 is 2.30 bits per heavy atom. The first-order chi connectivity index (χ1) is 9.57. The normalized spacial score (nSPS) is 24.4. The Labute approximate surface area is 118 Å². The minimum Gasteiger partial charge on any atom is -0.388 e. The number of H-pyrrole nitrogens is 1. The summed E-state index contributed by atoms with van der Waals surface area (Å²) in [6.07, 6.45) is 5.98. The highest BCUT2D eigenvalue weighted by atomic mass is 16.3. The van der Waals surface area contributed by atoms with Crippen LogP contribution in [0.2, 0.25) is 0 Å². The lowest BCUT2D eigenvalue weighted by atomic mass is 10.00. The van der Waals surface area contributed by atoms with Gasteiger partial charge in [0.15, 0.2) is 0 Å². The molecule has 1 aliphatic carbocycles. The van der Waals surface area contributed by atoms with Crippen molar-refractivity contribution in [1.29, 1.82) is 0 Å². The summed E-state index contributed by atoms with van der Waals surface area (Å²) in [6, 6.07) is -0.235. The highest BCUT2D eigenvalue weighted by Gasteiger charge is 2.35. The highest BCUT2D eigenvalue weighted by Crippen LogP contribution is 2.30. The lowest BCUT2D eigenvalue weighted by molar-refractivity contribution is -0.135. The van der Waals surface area contributed by atoms with Gasteiger partial charge in [0.05, 0.1) is 29.4 Å². The number of aliphatic hydroxyl groups is 1. The number of imidazole rings is 1. The smallest absolute Gasteiger partial charge is 0.239 e. The molecule has 6 heteroatoms. The summed E-state index contributed by atoms with van der Waals surface area (Å²) in [6.45, 7) is 1.07. The fourth-order valence-electron chi connectivity index (χ4n) is 3.32.